The molecule has 1 aliphatic rings. The Labute approximate surface area is 254 Å². The number of allylic oxidation sites excluding steroid dienone is 1. The zero-order chi connectivity index (χ0) is 31.3. The molecule has 1 saturated heterocycles. The molecule has 0 aliphatic carbocycles. The van der Waals surface area contributed by atoms with Crippen LogP contribution in [0.4, 0.5) is 26.8 Å². The highest BCUT2D eigenvalue weighted by atomic mass is 35.5. The highest BCUT2D eigenvalue weighted by Crippen LogP contribution is 2.38. The van der Waals surface area contributed by atoms with Crippen molar-refractivity contribution in [1.82, 2.24) is 15.4 Å². The normalized spacial score (nSPS) is 16.2. The summed E-state index contributed by atoms with van der Waals surface area (Å²) in [6, 6.07) is 13.4. The molecular formula is C27H25Cl2N7O7. The maximum absolute atomic E-state index is 13.7. The number of halogens is 2. The molecule has 224 valence electrons. The van der Waals surface area contributed by atoms with Gasteiger partial charge in [-0.25, -0.2) is 15.0 Å². The van der Waals surface area contributed by atoms with Gasteiger partial charge in [-0.1, -0.05) is 23.2 Å². The molecule has 1 aliphatic heterocycles. The van der Waals surface area contributed by atoms with E-state index < -0.39 is 47.0 Å². The number of nitrogens with one attached hydrogen (secondary N) is 2. The highest BCUT2D eigenvalue weighted by molar-refractivity contribution is 6.31. The van der Waals surface area contributed by atoms with E-state index in [0.29, 0.717) is 26.5 Å². The van der Waals surface area contributed by atoms with Gasteiger partial charge in [0.05, 0.1) is 11.6 Å². The van der Waals surface area contributed by atoms with Gasteiger partial charge < -0.3 is 14.6 Å². The summed E-state index contributed by atoms with van der Waals surface area (Å²) in [5.74, 6) is -0.889. The lowest BCUT2D eigenvalue weighted by Crippen LogP contribution is -2.58. The topological polar surface area (TPSA) is 174 Å². The van der Waals surface area contributed by atoms with E-state index in [1.807, 2.05) is 0 Å². The molecule has 14 nitrogen and oxygen atoms in total. The fraction of sp³-hybridized carbons (Fsp3) is 0.185. The zero-order valence-electron chi connectivity index (χ0n) is 22.7. The number of furan rings is 1. The fourth-order valence-corrected chi connectivity index (χ4v) is 4.55. The number of nitrogens with zero attached hydrogens (tertiary/aromatic N) is 5. The maximum atomic E-state index is 13.7. The van der Waals surface area contributed by atoms with Crippen molar-refractivity contribution < 1.29 is 28.9 Å². The van der Waals surface area contributed by atoms with Crippen molar-refractivity contribution in [2.24, 2.45) is 5.10 Å². The molecule has 3 aromatic rings. The van der Waals surface area contributed by atoms with Crippen LogP contribution in [0, 0.1) is 10.1 Å². The van der Waals surface area contributed by atoms with Gasteiger partial charge in [0.1, 0.15) is 17.2 Å². The molecule has 1 aromatic heterocycles. The SMILES string of the molecule is CC1(C)C(N(O)C(=O)Nc2ccc(Cl)cc2)N(c2ccc(Cl)cc2)C(=O)N1CC(=O)N/N=C/C=Cc1ccc([N+](=O)[O-])o1. The third-order valence-electron chi connectivity index (χ3n) is 6.35. The summed E-state index contributed by atoms with van der Waals surface area (Å²) >= 11 is 11.9. The number of carbonyl (C=O) groups excluding carboxylic acids is 3. The van der Waals surface area contributed by atoms with Crippen molar-refractivity contribution in [2.45, 2.75) is 25.6 Å². The number of anilines is 2. The van der Waals surface area contributed by atoms with Crippen molar-refractivity contribution in [3.05, 3.63) is 92.7 Å². The van der Waals surface area contributed by atoms with Gasteiger partial charge in [0.2, 0.25) is 0 Å². The van der Waals surface area contributed by atoms with Crippen LogP contribution in [0.3, 0.4) is 0 Å². The Hall–Kier alpha value is -4.92. The molecule has 4 rings (SSSR count). The average Bonchev–Trinajstić information content (AvgIpc) is 3.51. The first-order valence-electron chi connectivity index (χ1n) is 12.5. The van der Waals surface area contributed by atoms with E-state index >= 15 is 0 Å². The minimum atomic E-state index is -1.31. The lowest BCUT2D eigenvalue weighted by atomic mass is 9.99. The Morgan fingerprint density at radius 3 is 2.35 bits per heavy atom. The third-order valence-corrected chi connectivity index (χ3v) is 6.86. The second-order valence-corrected chi connectivity index (χ2v) is 10.5. The number of rotatable bonds is 9. The molecule has 5 amide bonds. The van der Waals surface area contributed by atoms with E-state index in [2.05, 4.69) is 15.8 Å². The van der Waals surface area contributed by atoms with Crippen LogP contribution in [-0.2, 0) is 4.79 Å². The lowest BCUT2D eigenvalue weighted by molar-refractivity contribution is -0.402. The van der Waals surface area contributed by atoms with Gasteiger partial charge in [-0.15, -0.1) is 0 Å². The molecular weight excluding hydrogens is 605 g/mol. The van der Waals surface area contributed by atoms with Crippen LogP contribution in [0.5, 0.6) is 0 Å². The summed E-state index contributed by atoms with van der Waals surface area (Å²) in [7, 11) is 0. The Morgan fingerprint density at radius 2 is 1.74 bits per heavy atom. The number of hydroxylamine groups is 2. The molecule has 0 bridgehead atoms. The fourth-order valence-electron chi connectivity index (χ4n) is 4.29. The standard InChI is InChI=1S/C27H25Cl2N7O7/c1-27(2)24(35(40)25(38)31-19-9-5-17(28)6-10-19)34(20-11-7-18(29)8-12-20)26(39)33(27)16-22(37)32-30-15-3-4-21-13-14-23(43-21)36(41)42/h3-15,24,40H,16H2,1-2H3,(H,31,38)(H,32,37)/b4-3?,30-15+. The Bertz CT molecular complexity index is 1570. The predicted molar refractivity (Wildman–Crippen MR) is 159 cm³/mol. The smallest absolute Gasteiger partial charge is 0.401 e. The molecule has 1 fully saturated rings. The van der Waals surface area contributed by atoms with Crippen LogP contribution in [0.25, 0.3) is 6.08 Å². The minimum absolute atomic E-state index is 0.205. The maximum Gasteiger partial charge on any atom is 0.433 e. The van der Waals surface area contributed by atoms with Crippen molar-refractivity contribution in [3.8, 4) is 0 Å². The summed E-state index contributed by atoms with van der Waals surface area (Å²) in [6.07, 6.45) is 2.71. The quantitative estimate of drug-likeness (QED) is 0.120. The van der Waals surface area contributed by atoms with Crippen LogP contribution in [-0.4, -0.2) is 62.5 Å². The summed E-state index contributed by atoms with van der Waals surface area (Å²) < 4.78 is 4.98. The molecule has 1 atom stereocenters. The molecule has 0 spiro atoms. The second-order valence-electron chi connectivity index (χ2n) is 9.63. The highest BCUT2D eigenvalue weighted by Gasteiger charge is 2.56. The van der Waals surface area contributed by atoms with Crippen molar-refractivity contribution in [2.75, 3.05) is 16.8 Å². The Kier molecular flexibility index (Phi) is 9.34. The Balaban J connectivity index is 1.50. The van der Waals surface area contributed by atoms with Crippen LogP contribution >= 0.6 is 23.2 Å². The second kappa shape index (κ2) is 12.9. The number of hydrogen-bond acceptors (Lipinski definition) is 8. The number of benzene rings is 2. The predicted octanol–water partition coefficient (Wildman–Crippen LogP) is 5.58. The van der Waals surface area contributed by atoms with Gasteiger partial charge in [-0.2, -0.15) is 10.2 Å². The molecule has 0 saturated carbocycles. The summed E-state index contributed by atoms with van der Waals surface area (Å²) in [5, 5.41) is 29.4. The molecule has 43 heavy (non-hydrogen) atoms. The number of hydrogen-bond donors (Lipinski definition) is 3. The van der Waals surface area contributed by atoms with Crippen LogP contribution in [0.1, 0.15) is 19.6 Å². The van der Waals surface area contributed by atoms with Crippen molar-refractivity contribution in [3.63, 3.8) is 0 Å². The van der Waals surface area contributed by atoms with E-state index in [-0.39, 0.29) is 5.76 Å². The number of hydrazone groups is 1. The molecule has 2 heterocycles. The molecule has 2 aromatic carbocycles. The first-order chi connectivity index (χ1) is 20.4. The van der Waals surface area contributed by atoms with Crippen molar-refractivity contribution in [1.29, 1.82) is 0 Å². The number of carbonyl (C=O) groups is 3. The summed E-state index contributed by atoms with van der Waals surface area (Å²) in [5.41, 5.74) is 1.64. The zero-order valence-corrected chi connectivity index (χ0v) is 24.2. The first-order valence-corrected chi connectivity index (χ1v) is 13.3. The molecule has 3 N–H and O–H groups in total. The number of amides is 5. The van der Waals surface area contributed by atoms with Crippen LogP contribution < -0.4 is 15.6 Å². The van der Waals surface area contributed by atoms with Gasteiger partial charge >= 0.3 is 17.9 Å². The van der Waals surface area contributed by atoms with Gasteiger partial charge in [-0.3, -0.25) is 25.0 Å². The van der Waals surface area contributed by atoms with Gasteiger partial charge in [0, 0.05) is 27.6 Å². The van der Waals surface area contributed by atoms with Gasteiger partial charge in [-0.05, 0) is 80.6 Å². The van der Waals surface area contributed by atoms with Crippen LogP contribution in [0.15, 0.2) is 76.3 Å². The van der Waals surface area contributed by atoms with E-state index in [1.165, 1.54) is 40.3 Å². The Morgan fingerprint density at radius 1 is 1.12 bits per heavy atom. The first kappa shape index (κ1) is 31.0. The molecule has 0 radical (unpaired) electrons. The van der Waals surface area contributed by atoms with E-state index in [4.69, 9.17) is 27.6 Å². The molecule has 16 heteroatoms. The van der Waals surface area contributed by atoms with Crippen molar-refractivity contribution >= 4 is 70.7 Å². The minimum Gasteiger partial charge on any atom is -0.401 e. The average molecular weight is 630 g/mol. The molecule has 1 unspecified atom stereocenters. The van der Waals surface area contributed by atoms with Gasteiger partial charge in [0.15, 0.2) is 6.17 Å². The van der Waals surface area contributed by atoms with E-state index in [0.717, 1.165) is 0 Å². The van der Waals surface area contributed by atoms with Gasteiger partial charge in [0.25, 0.3) is 5.91 Å². The lowest BCUT2D eigenvalue weighted by Gasteiger charge is -2.38. The summed E-state index contributed by atoms with van der Waals surface area (Å²) in [4.78, 5) is 52.0. The van der Waals surface area contributed by atoms with Crippen LogP contribution in [0.2, 0.25) is 10.0 Å². The monoisotopic (exact) mass is 629 g/mol. The number of nitro groups is 1. The van der Waals surface area contributed by atoms with E-state index in [9.17, 15) is 29.7 Å². The largest absolute Gasteiger partial charge is 0.433 e. The third kappa shape index (κ3) is 7.12. The number of urea groups is 2. The summed E-state index contributed by atoms with van der Waals surface area (Å²) in [6.45, 7) is 2.70. The van der Waals surface area contributed by atoms with E-state index in [1.54, 1.807) is 62.4 Å².